The van der Waals surface area contributed by atoms with Crippen LogP contribution in [0.5, 0.6) is 0 Å². The number of anilines is 1. The normalized spacial score (nSPS) is 29.9. The van der Waals surface area contributed by atoms with Crippen molar-refractivity contribution in [3.8, 4) is 0 Å². The number of rotatable bonds is 10. The highest BCUT2D eigenvalue weighted by Gasteiger charge is 2.78. The van der Waals surface area contributed by atoms with Gasteiger partial charge in [-0.3, -0.25) is 14.4 Å². The zero-order valence-electron chi connectivity index (χ0n) is 24.1. The van der Waals surface area contributed by atoms with E-state index < -0.39 is 33.4 Å². The minimum Gasteiger partial charge on any atom is -0.394 e. The summed E-state index contributed by atoms with van der Waals surface area (Å²) in [7, 11) is 1.74. The third-order valence-electron chi connectivity index (χ3n) is 9.09. The predicted octanol–water partition coefficient (Wildman–Crippen LogP) is 3.97. The smallest absolute Gasteiger partial charge is 0.251 e. The first-order valence-electron chi connectivity index (χ1n) is 13.9. The molecule has 1 aromatic rings. The summed E-state index contributed by atoms with van der Waals surface area (Å²) in [5.41, 5.74) is 2.75. The quantitative estimate of drug-likeness (QED) is 0.444. The zero-order valence-corrected chi connectivity index (χ0v) is 25.0. The first kappa shape index (κ1) is 29.4. The number of benzene rings is 1. The maximum absolute atomic E-state index is 14.9. The van der Waals surface area contributed by atoms with Crippen LogP contribution in [0, 0.1) is 31.6 Å². The molecule has 39 heavy (non-hydrogen) atoms. The van der Waals surface area contributed by atoms with E-state index in [1.54, 1.807) is 45.7 Å². The van der Waals surface area contributed by atoms with E-state index in [1.807, 2.05) is 45.9 Å². The van der Waals surface area contributed by atoms with Crippen molar-refractivity contribution in [3.63, 3.8) is 0 Å². The fourth-order valence-electron chi connectivity index (χ4n) is 7.32. The number of fused-ring (bicyclic) bond motifs is 1. The molecule has 0 radical (unpaired) electrons. The summed E-state index contributed by atoms with van der Waals surface area (Å²) in [6.45, 7) is 18.1. The number of para-hydroxylation sites is 1. The van der Waals surface area contributed by atoms with Crippen LogP contribution in [0.4, 0.5) is 5.69 Å². The molecule has 4 rings (SSSR count). The first-order chi connectivity index (χ1) is 18.4. The molecule has 7 nitrogen and oxygen atoms in total. The third kappa shape index (κ3) is 4.44. The van der Waals surface area contributed by atoms with Crippen molar-refractivity contribution in [2.75, 3.05) is 31.6 Å². The van der Waals surface area contributed by atoms with E-state index in [2.05, 4.69) is 20.1 Å². The van der Waals surface area contributed by atoms with Gasteiger partial charge in [-0.05, 0) is 50.7 Å². The van der Waals surface area contributed by atoms with Gasteiger partial charge >= 0.3 is 0 Å². The van der Waals surface area contributed by atoms with E-state index >= 15 is 0 Å². The lowest BCUT2D eigenvalue weighted by molar-refractivity contribution is -0.146. The first-order valence-corrected chi connectivity index (χ1v) is 14.7. The van der Waals surface area contributed by atoms with E-state index in [1.165, 1.54) is 0 Å². The van der Waals surface area contributed by atoms with Gasteiger partial charge in [-0.25, -0.2) is 0 Å². The number of likely N-dealkylation sites (tertiary alicyclic amines) is 1. The molecule has 0 aliphatic carbocycles. The Bertz CT molecular complexity index is 1160. The molecule has 3 amide bonds. The Morgan fingerprint density at radius 2 is 1.77 bits per heavy atom. The van der Waals surface area contributed by atoms with E-state index in [9.17, 15) is 19.5 Å². The highest BCUT2D eigenvalue weighted by Crippen LogP contribution is 2.72. The molecular weight excluding hydrogens is 510 g/mol. The van der Waals surface area contributed by atoms with Crippen molar-refractivity contribution >= 4 is 35.2 Å². The second kappa shape index (κ2) is 10.8. The number of amides is 3. The summed E-state index contributed by atoms with van der Waals surface area (Å²) < 4.78 is -1.21. The third-order valence-corrected chi connectivity index (χ3v) is 11.1. The van der Waals surface area contributed by atoms with Crippen LogP contribution in [0.25, 0.3) is 0 Å². The molecule has 0 saturated carbocycles. The van der Waals surface area contributed by atoms with Crippen molar-refractivity contribution in [3.05, 3.63) is 54.6 Å². The number of carbonyl (C=O) groups is 3. The van der Waals surface area contributed by atoms with Crippen molar-refractivity contribution in [1.29, 1.82) is 0 Å². The van der Waals surface area contributed by atoms with Gasteiger partial charge in [0.15, 0.2) is 0 Å². The summed E-state index contributed by atoms with van der Waals surface area (Å²) in [4.78, 5) is 48.3. The van der Waals surface area contributed by atoms with Gasteiger partial charge in [0.2, 0.25) is 11.8 Å². The number of aliphatic hydroxyl groups is 1. The topological polar surface area (TPSA) is 81.2 Å². The second-order valence-electron chi connectivity index (χ2n) is 12.0. The lowest BCUT2D eigenvalue weighted by Gasteiger charge is -2.41. The number of hydrogen-bond donors (Lipinski definition) is 1. The molecule has 2 bridgehead atoms. The molecule has 3 saturated heterocycles. The average Bonchev–Trinajstić information content (AvgIpc) is 3.44. The molecule has 1 N–H and O–H groups in total. The molecule has 1 aromatic carbocycles. The summed E-state index contributed by atoms with van der Waals surface area (Å²) in [5.74, 6) is -1.71. The van der Waals surface area contributed by atoms with Crippen molar-refractivity contribution in [2.24, 2.45) is 17.8 Å². The Morgan fingerprint density at radius 1 is 1.15 bits per heavy atom. The Labute approximate surface area is 237 Å². The molecular formula is C31H43N3O4S. The summed E-state index contributed by atoms with van der Waals surface area (Å²) in [6.07, 6.45) is 4.80. The molecule has 1 spiro atoms. The molecule has 0 aromatic heterocycles. The van der Waals surface area contributed by atoms with Crippen molar-refractivity contribution < 1.29 is 19.5 Å². The maximum atomic E-state index is 14.9. The van der Waals surface area contributed by atoms with Gasteiger partial charge in [0, 0.05) is 30.6 Å². The number of carbonyl (C=O) groups excluding carboxylic acids is 3. The van der Waals surface area contributed by atoms with Gasteiger partial charge in [-0.1, -0.05) is 44.2 Å². The summed E-state index contributed by atoms with van der Waals surface area (Å²) in [6, 6.07) is 4.59. The Kier molecular flexibility index (Phi) is 8.12. The van der Waals surface area contributed by atoms with Crippen LogP contribution in [0.15, 0.2) is 43.5 Å². The molecule has 3 aliphatic heterocycles. The number of hydrogen-bond acceptors (Lipinski definition) is 5. The van der Waals surface area contributed by atoms with E-state index in [0.717, 1.165) is 23.2 Å². The van der Waals surface area contributed by atoms with Crippen LogP contribution in [0.1, 0.15) is 44.7 Å². The second-order valence-corrected chi connectivity index (χ2v) is 13.8. The largest absolute Gasteiger partial charge is 0.394 e. The standard InChI is InChI=1S/C31H43N3O4S/c1-9-16-32(8)27(36)23-24-28(37)34(22(18-35)19(3)4)26(31(24)15-14-30(23,7)39-31)29(38)33(17-10-2)25-20(5)12-11-13-21(25)6/h9-13,19,22-24,26,35H,1-2,14-18H2,3-8H3/t22-,23-,24-,26?,30+,31?/m0/s1. The van der Waals surface area contributed by atoms with Gasteiger partial charge in [-0.15, -0.1) is 24.9 Å². The SMILES string of the molecule is C=CCN(C)C(=O)[C@@H]1[C@H]2C(=O)N([C@@H](CO)C(C)C)C(C(=O)N(CC=C)c3c(C)cccc3C)C23CC[C@@]1(C)S3. The molecule has 2 unspecified atom stereocenters. The Morgan fingerprint density at radius 3 is 2.31 bits per heavy atom. The van der Waals surface area contributed by atoms with Crippen LogP contribution < -0.4 is 4.90 Å². The lowest BCUT2D eigenvalue weighted by atomic mass is 9.66. The lowest BCUT2D eigenvalue weighted by Crippen LogP contribution is -2.58. The fourth-order valence-corrected chi connectivity index (χ4v) is 9.65. The molecule has 6 atom stereocenters. The number of likely N-dealkylation sites (N-methyl/N-ethyl adjacent to an activating group) is 1. The van der Waals surface area contributed by atoms with E-state index in [4.69, 9.17) is 0 Å². The van der Waals surface area contributed by atoms with Gasteiger partial charge in [0.1, 0.15) is 6.04 Å². The minimum atomic E-state index is -0.803. The number of aryl methyl sites for hydroxylation is 2. The van der Waals surface area contributed by atoms with Crippen LogP contribution in [0.3, 0.4) is 0 Å². The maximum Gasteiger partial charge on any atom is 0.251 e. The van der Waals surface area contributed by atoms with Crippen LogP contribution in [-0.2, 0) is 14.4 Å². The Balaban J connectivity index is 1.90. The van der Waals surface area contributed by atoms with Gasteiger partial charge in [0.25, 0.3) is 5.91 Å². The molecule has 3 fully saturated rings. The van der Waals surface area contributed by atoms with E-state index in [0.29, 0.717) is 19.5 Å². The van der Waals surface area contributed by atoms with Gasteiger partial charge < -0.3 is 19.8 Å². The van der Waals surface area contributed by atoms with Crippen LogP contribution in [0.2, 0.25) is 0 Å². The van der Waals surface area contributed by atoms with Gasteiger partial charge in [-0.2, -0.15) is 0 Å². The Hall–Kier alpha value is -2.58. The number of nitrogens with zero attached hydrogens (tertiary/aromatic N) is 3. The fraction of sp³-hybridized carbons (Fsp3) is 0.581. The molecule has 3 heterocycles. The van der Waals surface area contributed by atoms with Crippen molar-refractivity contribution in [1.82, 2.24) is 9.80 Å². The number of aliphatic hydroxyl groups excluding tert-OH is 1. The minimum absolute atomic E-state index is 0.0760. The highest BCUT2D eigenvalue weighted by atomic mass is 32.2. The highest BCUT2D eigenvalue weighted by molar-refractivity contribution is 8.02. The molecule has 3 aliphatic rings. The summed E-state index contributed by atoms with van der Waals surface area (Å²) >= 11 is 1.66. The zero-order chi connectivity index (χ0) is 28.9. The van der Waals surface area contributed by atoms with Gasteiger partial charge in [0.05, 0.1) is 29.2 Å². The average molecular weight is 554 g/mol. The number of thioether (sulfide) groups is 1. The van der Waals surface area contributed by atoms with Crippen molar-refractivity contribution in [2.45, 2.75) is 69.0 Å². The molecule has 212 valence electrons. The van der Waals surface area contributed by atoms with E-state index in [-0.39, 0.29) is 30.2 Å². The summed E-state index contributed by atoms with van der Waals surface area (Å²) in [5, 5.41) is 10.5. The monoisotopic (exact) mass is 553 g/mol. The van der Waals surface area contributed by atoms with Crippen LogP contribution in [-0.4, -0.2) is 80.9 Å². The molecule has 8 heteroatoms. The predicted molar refractivity (Wildman–Crippen MR) is 158 cm³/mol. The van der Waals surface area contributed by atoms with Crippen LogP contribution >= 0.6 is 11.8 Å².